The summed E-state index contributed by atoms with van der Waals surface area (Å²) in [5.74, 6) is 0. The minimum absolute atomic E-state index is 0.261. The Morgan fingerprint density at radius 3 is 1.67 bits per heavy atom. The Morgan fingerprint density at radius 2 is 1.02 bits per heavy atom. The van der Waals surface area contributed by atoms with Gasteiger partial charge in [0.1, 0.15) is 0 Å². The SMILES string of the molecule is CC1(c2ccccc2-c2ccc(-c3ccc(C(=C/Cc4ccccc4)/N=C\c4ccccc4)cc3)cc2)c2cccc3ccc4cccc1c4c23. The summed E-state index contributed by atoms with van der Waals surface area (Å²) in [6, 6.07) is 65.8. The van der Waals surface area contributed by atoms with E-state index in [1.165, 1.54) is 66.1 Å². The van der Waals surface area contributed by atoms with Gasteiger partial charge < -0.3 is 0 Å². The molecule has 51 heavy (non-hydrogen) atoms. The quantitative estimate of drug-likeness (QED) is 0.115. The first-order valence-electron chi connectivity index (χ1n) is 17.8. The van der Waals surface area contributed by atoms with E-state index < -0.39 is 0 Å². The standard InChI is InChI=1S/C50H37N/c1-50(45-20-10-16-41-31-32-42-17-11-21-46(50)49(42)48(41)45)44-19-9-8-18-43(44)39-27-23-37(24-28-39)38-25-29-40(30-26-38)47(33-22-35-12-4-2-5-13-35)51-34-36-14-6-3-7-15-36/h2-21,23-34H,22H2,1H3/b47-33-,51-34-. The highest BCUT2D eigenvalue weighted by atomic mass is 14.7. The van der Waals surface area contributed by atoms with Gasteiger partial charge in [0.05, 0.1) is 5.70 Å². The molecule has 1 aliphatic carbocycles. The van der Waals surface area contributed by atoms with Crippen LogP contribution in [0.2, 0.25) is 0 Å². The molecule has 0 aromatic heterocycles. The maximum atomic E-state index is 4.95. The van der Waals surface area contributed by atoms with Gasteiger partial charge in [0, 0.05) is 11.6 Å². The number of nitrogens with zero attached hydrogens (tertiary/aromatic N) is 1. The van der Waals surface area contributed by atoms with Crippen molar-refractivity contribution in [1.29, 1.82) is 0 Å². The molecular formula is C50H37N. The van der Waals surface area contributed by atoms with E-state index in [0.717, 1.165) is 23.2 Å². The number of benzene rings is 8. The van der Waals surface area contributed by atoms with Gasteiger partial charge in [-0.3, -0.25) is 4.99 Å². The third-order valence-electron chi connectivity index (χ3n) is 10.7. The smallest absolute Gasteiger partial charge is 0.0665 e. The Balaban J connectivity index is 1.04. The third kappa shape index (κ3) is 5.48. The molecule has 0 saturated carbocycles. The van der Waals surface area contributed by atoms with Crippen LogP contribution in [0.1, 0.15) is 40.3 Å². The van der Waals surface area contributed by atoms with Crippen molar-refractivity contribution in [3.63, 3.8) is 0 Å². The minimum Gasteiger partial charge on any atom is -0.256 e. The summed E-state index contributed by atoms with van der Waals surface area (Å²) in [6.45, 7) is 2.41. The highest BCUT2D eigenvalue weighted by Crippen LogP contribution is 2.53. The zero-order chi connectivity index (χ0) is 34.2. The zero-order valence-corrected chi connectivity index (χ0v) is 28.6. The molecule has 0 bridgehead atoms. The zero-order valence-electron chi connectivity index (χ0n) is 28.6. The van der Waals surface area contributed by atoms with E-state index >= 15 is 0 Å². The second kappa shape index (κ2) is 12.9. The molecule has 8 aromatic carbocycles. The van der Waals surface area contributed by atoms with Crippen LogP contribution in [0, 0.1) is 0 Å². The van der Waals surface area contributed by atoms with Gasteiger partial charge in [-0.05, 0) is 90.5 Å². The summed E-state index contributed by atoms with van der Waals surface area (Å²) in [5, 5.41) is 5.41. The molecule has 0 saturated heterocycles. The molecule has 1 heteroatoms. The lowest BCUT2D eigenvalue weighted by Crippen LogP contribution is -2.23. The molecule has 0 aliphatic heterocycles. The topological polar surface area (TPSA) is 12.4 Å². The largest absolute Gasteiger partial charge is 0.256 e. The Labute approximate surface area is 299 Å². The molecular weight excluding hydrogens is 615 g/mol. The molecule has 1 nitrogen and oxygen atoms in total. The van der Waals surface area contributed by atoms with Gasteiger partial charge in [-0.25, -0.2) is 0 Å². The molecule has 0 unspecified atom stereocenters. The molecule has 0 atom stereocenters. The first kappa shape index (κ1) is 30.7. The Hall–Kier alpha value is -6.31. The van der Waals surface area contributed by atoms with Crippen LogP contribution in [-0.4, -0.2) is 6.21 Å². The van der Waals surface area contributed by atoms with Gasteiger partial charge in [0.15, 0.2) is 0 Å². The number of rotatable bonds is 8. The van der Waals surface area contributed by atoms with Crippen molar-refractivity contribution in [3.8, 4) is 22.3 Å². The Bertz CT molecular complexity index is 2510. The average Bonchev–Trinajstić information content (AvgIpc) is 3.48. The lowest BCUT2D eigenvalue weighted by atomic mass is 9.71. The van der Waals surface area contributed by atoms with E-state index in [4.69, 9.17) is 4.99 Å². The van der Waals surface area contributed by atoms with E-state index in [-0.39, 0.29) is 5.41 Å². The fourth-order valence-electron chi connectivity index (χ4n) is 8.03. The predicted octanol–water partition coefficient (Wildman–Crippen LogP) is 12.7. The van der Waals surface area contributed by atoms with Crippen LogP contribution in [-0.2, 0) is 11.8 Å². The fraction of sp³-hybridized carbons (Fsp3) is 0.0600. The van der Waals surface area contributed by atoms with Crippen molar-refractivity contribution < 1.29 is 0 Å². The summed E-state index contributed by atoms with van der Waals surface area (Å²) in [7, 11) is 0. The molecule has 1 aliphatic rings. The summed E-state index contributed by atoms with van der Waals surface area (Å²) in [6.07, 6.45) is 5.00. The summed E-state index contributed by atoms with van der Waals surface area (Å²) < 4.78 is 0. The Morgan fingerprint density at radius 1 is 0.490 bits per heavy atom. The maximum Gasteiger partial charge on any atom is 0.0665 e. The normalized spacial score (nSPS) is 13.5. The van der Waals surface area contributed by atoms with Crippen LogP contribution in [0.15, 0.2) is 193 Å². The van der Waals surface area contributed by atoms with Gasteiger partial charge >= 0.3 is 0 Å². The monoisotopic (exact) mass is 651 g/mol. The number of aliphatic imine (C=N–C) groups is 1. The van der Waals surface area contributed by atoms with Crippen LogP contribution in [0.3, 0.4) is 0 Å². The molecule has 0 N–H and O–H groups in total. The summed E-state index contributed by atoms with van der Waals surface area (Å²) in [4.78, 5) is 4.95. The van der Waals surface area contributed by atoms with Gasteiger partial charge in [0.25, 0.3) is 0 Å². The van der Waals surface area contributed by atoms with Crippen molar-refractivity contribution in [2.45, 2.75) is 18.8 Å². The lowest BCUT2D eigenvalue weighted by Gasteiger charge is -2.31. The number of hydrogen-bond acceptors (Lipinski definition) is 1. The Kier molecular flexibility index (Phi) is 7.75. The van der Waals surface area contributed by atoms with Gasteiger partial charge in [0.2, 0.25) is 0 Å². The summed E-state index contributed by atoms with van der Waals surface area (Å²) >= 11 is 0. The lowest BCUT2D eigenvalue weighted by molar-refractivity contribution is 0.718. The van der Waals surface area contributed by atoms with E-state index in [1.807, 2.05) is 24.4 Å². The molecule has 0 heterocycles. The maximum absolute atomic E-state index is 4.95. The first-order chi connectivity index (χ1) is 25.2. The predicted molar refractivity (Wildman–Crippen MR) is 216 cm³/mol. The van der Waals surface area contributed by atoms with Crippen LogP contribution >= 0.6 is 0 Å². The first-order valence-corrected chi connectivity index (χ1v) is 17.8. The van der Waals surface area contributed by atoms with E-state index in [0.29, 0.717) is 0 Å². The van der Waals surface area contributed by atoms with Crippen molar-refractivity contribution in [2.24, 2.45) is 4.99 Å². The second-order valence-corrected chi connectivity index (χ2v) is 13.6. The van der Waals surface area contributed by atoms with Gasteiger partial charge in [-0.15, -0.1) is 0 Å². The fourth-order valence-corrected chi connectivity index (χ4v) is 8.03. The molecule has 8 aromatic rings. The van der Waals surface area contributed by atoms with Gasteiger partial charge in [-0.2, -0.15) is 0 Å². The van der Waals surface area contributed by atoms with E-state index in [9.17, 15) is 0 Å². The van der Waals surface area contributed by atoms with Crippen LogP contribution in [0.25, 0.3) is 49.5 Å². The molecule has 0 spiro atoms. The minimum atomic E-state index is -0.261. The van der Waals surface area contributed by atoms with Gasteiger partial charge in [-0.1, -0.05) is 188 Å². The molecule has 0 fully saturated rings. The summed E-state index contributed by atoms with van der Waals surface area (Å²) in [5.41, 5.74) is 13.2. The van der Waals surface area contributed by atoms with Crippen molar-refractivity contribution in [2.75, 3.05) is 0 Å². The van der Waals surface area contributed by atoms with Crippen LogP contribution in [0.4, 0.5) is 0 Å². The van der Waals surface area contributed by atoms with Crippen LogP contribution in [0.5, 0.6) is 0 Å². The van der Waals surface area contributed by atoms with Crippen molar-refractivity contribution >= 4 is 33.5 Å². The third-order valence-corrected chi connectivity index (χ3v) is 10.7. The molecule has 0 radical (unpaired) electrons. The molecule has 0 amide bonds. The van der Waals surface area contributed by atoms with Crippen molar-refractivity contribution in [1.82, 2.24) is 0 Å². The van der Waals surface area contributed by atoms with Crippen LogP contribution < -0.4 is 0 Å². The highest BCUT2D eigenvalue weighted by Gasteiger charge is 2.40. The second-order valence-electron chi connectivity index (χ2n) is 13.6. The number of hydrogen-bond donors (Lipinski definition) is 0. The molecule has 9 rings (SSSR count). The van der Waals surface area contributed by atoms with E-state index in [1.54, 1.807) is 0 Å². The number of allylic oxidation sites excluding steroid dienone is 1. The average molecular weight is 652 g/mol. The molecule has 242 valence electrons. The van der Waals surface area contributed by atoms with E-state index in [2.05, 4.69) is 177 Å². The highest BCUT2D eigenvalue weighted by molar-refractivity contribution is 6.15. The van der Waals surface area contributed by atoms with Crippen molar-refractivity contribution in [3.05, 3.63) is 221 Å².